The zero-order valence-corrected chi connectivity index (χ0v) is 8.70. The van der Waals surface area contributed by atoms with Gasteiger partial charge in [-0.1, -0.05) is 0 Å². The quantitative estimate of drug-likeness (QED) is 0.497. The highest BCUT2D eigenvalue weighted by atomic mass is 35.5. The summed E-state index contributed by atoms with van der Waals surface area (Å²) in [5.41, 5.74) is 0. The number of aliphatic hydroxyl groups is 1. The normalized spacial score (nSPS) is 15.5. The van der Waals surface area contributed by atoms with Crippen molar-refractivity contribution < 1.29 is 29.6 Å². The van der Waals surface area contributed by atoms with E-state index < -0.39 is 24.5 Å². The first-order valence-corrected chi connectivity index (χ1v) is 3.95. The molecule has 0 bridgehead atoms. The van der Waals surface area contributed by atoms with Crippen LogP contribution in [0.1, 0.15) is 6.42 Å². The van der Waals surface area contributed by atoms with E-state index in [1.54, 1.807) is 0 Å². The predicted octanol–water partition coefficient (Wildman–Crippen LogP) is -1.11. The summed E-state index contributed by atoms with van der Waals surface area (Å²) >= 11 is 0. The van der Waals surface area contributed by atoms with Gasteiger partial charge in [-0.25, -0.2) is 4.79 Å². The highest BCUT2D eigenvalue weighted by Gasteiger charge is 2.16. The van der Waals surface area contributed by atoms with E-state index in [-0.39, 0.29) is 12.4 Å². The molecule has 1 fully saturated rings. The molecule has 0 spiro atoms. The van der Waals surface area contributed by atoms with Crippen molar-refractivity contribution in [2.24, 2.45) is 0 Å². The minimum Gasteiger partial charge on any atom is -0.481 e. The van der Waals surface area contributed by atoms with Crippen molar-refractivity contribution in [3.05, 3.63) is 0 Å². The fourth-order valence-corrected chi connectivity index (χ4v) is 0.614. The van der Waals surface area contributed by atoms with E-state index in [0.29, 0.717) is 0 Å². The summed E-state index contributed by atoms with van der Waals surface area (Å²) in [5, 5.41) is 27.1. The molecule has 8 heteroatoms. The largest absolute Gasteiger partial charge is 0.481 e. The van der Waals surface area contributed by atoms with E-state index in [0.717, 1.165) is 19.9 Å². The molecule has 0 amide bonds. The zero-order valence-electron chi connectivity index (χ0n) is 7.88. The molecule has 4 N–H and O–H groups in total. The number of aliphatic carboxylic acids is 2. The van der Waals surface area contributed by atoms with Crippen LogP contribution in [-0.2, 0) is 14.3 Å². The van der Waals surface area contributed by atoms with Gasteiger partial charge >= 0.3 is 11.9 Å². The molecule has 15 heavy (non-hydrogen) atoms. The Balaban J connectivity index is 0. The topological polar surface area (TPSA) is 116 Å². The molecule has 1 aliphatic heterocycles. The standard InChI is InChI=1S/C4H6O5.C3H7NO.ClH/c5-2(4(8)9)1-3(6)7;1-2-5-3-4-1;/h2,5H,1H2,(H,6,7)(H,8,9);4H,1-3H2;1H. The average molecular weight is 244 g/mol. The SMILES string of the molecule is C1COCN1.Cl.O=C(O)CC(O)C(=O)O. The lowest BCUT2D eigenvalue weighted by Gasteiger charge is -1.97. The number of aliphatic hydroxyl groups excluding tert-OH is 1. The molecule has 90 valence electrons. The summed E-state index contributed by atoms with van der Waals surface area (Å²) in [6, 6.07) is 0. The summed E-state index contributed by atoms with van der Waals surface area (Å²) in [4.78, 5) is 19.4. The van der Waals surface area contributed by atoms with Crippen molar-refractivity contribution in [2.45, 2.75) is 12.5 Å². The van der Waals surface area contributed by atoms with E-state index in [1.807, 2.05) is 0 Å². The van der Waals surface area contributed by atoms with Crippen LogP contribution >= 0.6 is 12.4 Å². The molecule has 0 aromatic rings. The first kappa shape index (κ1) is 16.5. The molecule has 7 nitrogen and oxygen atoms in total. The van der Waals surface area contributed by atoms with E-state index in [4.69, 9.17) is 20.1 Å². The van der Waals surface area contributed by atoms with Crippen molar-refractivity contribution in [1.82, 2.24) is 5.32 Å². The lowest BCUT2D eigenvalue weighted by Crippen LogP contribution is -2.22. The Labute approximate surface area is 92.5 Å². The van der Waals surface area contributed by atoms with Gasteiger partial charge in [0.25, 0.3) is 0 Å². The molecule has 1 rings (SSSR count). The van der Waals surface area contributed by atoms with Crippen LogP contribution in [0.15, 0.2) is 0 Å². The fourth-order valence-electron chi connectivity index (χ4n) is 0.614. The number of carboxylic acid groups (broad SMARTS) is 2. The van der Waals surface area contributed by atoms with Crippen molar-refractivity contribution in [1.29, 1.82) is 0 Å². The van der Waals surface area contributed by atoms with Crippen LogP contribution in [0.4, 0.5) is 0 Å². The van der Waals surface area contributed by atoms with Gasteiger partial charge in [0.2, 0.25) is 0 Å². The van der Waals surface area contributed by atoms with Gasteiger partial charge in [0, 0.05) is 6.54 Å². The van der Waals surface area contributed by atoms with Crippen LogP contribution in [0.5, 0.6) is 0 Å². The average Bonchev–Trinajstić information content (AvgIpc) is 2.59. The Morgan fingerprint density at radius 1 is 1.40 bits per heavy atom. The maximum atomic E-state index is 9.72. The van der Waals surface area contributed by atoms with Crippen molar-refractivity contribution in [3.63, 3.8) is 0 Å². The maximum absolute atomic E-state index is 9.72. The second-order valence-electron chi connectivity index (χ2n) is 2.50. The summed E-state index contributed by atoms with van der Waals surface area (Å²) < 4.78 is 4.83. The van der Waals surface area contributed by atoms with Gasteiger partial charge in [-0.2, -0.15) is 0 Å². The Morgan fingerprint density at radius 3 is 2.13 bits per heavy atom. The molecule has 1 atom stereocenters. The molecule has 1 aliphatic rings. The van der Waals surface area contributed by atoms with Gasteiger partial charge in [-0.3, -0.25) is 10.1 Å². The van der Waals surface area contributed by atoms with Gasteiger partial charge in [0.15, 0.2) is 6.10 Å². The Hall–Kier alpha value is -0.890. The Morgan fingerprint density at radius 2 is 2.00 bits per heavy atom. The van der Waals surface area contributed by atoms with E-state index in [1.165, 1.54) is 0 Å². The molecule has 0 aromatic carbocycles. The van der Waals surface area contributed by atoms with Crippen molar-refractivity contribution >= 4 is 24.3 Å². The maximum Gasteiger partial charge on any atom is 0.333 e. The van der Waals surface area contributed by atoms with E-state index in [2.05, 4.69) is 5.32 Å². The van der Waals surface area contributed by atoms with Gasteiger partial charge in [0.1, 0.15) is 0 Å². The Kier molecular flexibility index (Phi) is 10.6. The molecule has 1 unspecified atom stereocenters. The first-order valence-electron chi connectivity index (χ1n) is 3.95. The van der Waals surface area contributed by atoms with Crippen LogP contribution in [0.25, 0.3) is 0 Å². The lowest BCUT2D eigenvalue weighted by atomic mass is 10.3. The molecule has 0 saturated carbocycles. The number of halogens is 1. The number of hydrogen-bond acceptors (Lipinski definition) is 5. The summed E-state index contributed by atoms with van der Waals surface area (Å²) in [6.45, 7) is 2.67. The van der Waals surface area contributed by atoms with Crippen LogP contribution < -0.4 is 5.32 Å². The third-order valence-electron chi connectivity index (χ3n) is 1.28. The summed E-state index contributed by atoms with van der Waals surface area (Å²) in [5.74, 6) is -2.85. The van der Waals surface area contributed by atoms with E-state index in [9.17, 15) is 9.59 Å². The predicted molar refractivity (Wildman–Crippen MR) is 52.0 cm³/mol. The van der Waals surface area contributed by atoms with Crippen molar-refractivity contribution in [2.75, 3.05) is 19.9 Å². The smallest absolute Gasteiger partial charge is 0.333 e. The Bertz CT molecular complexity index is 188. The monoisotopic (exact) mass is 243 g/mol. The molecule has 0 aromatic heterocycles. The second kappa shape index (κ2) is 9.66. The number of ether oxygens (including phenoxy) is 1. The van der Waals surface area contributed by atoms with Crippen LogP contribution in [0.2, 0.25) is 0 Å². The minimum atomic E-state index is -1.79. The lowest BCUT2D eigenvalue weighted by molar-refractivity contribution is -0.152. The third kappa shape index (κ3) is 11.0. The van der Waals surface area contributed by atoms with Crippen LogP contribution in [-0.4, -0.2) is 53.2 Å². The van der Waals surface area contributed by atoms with Gasteiger partial charge < -0.3 is 20.1 Å². The minimum absolute atomic E-state index is 0. The molecular weight excluding hydrogens is 230 g/mol. The van der Waals surface area contributed by atoms with Crippen LogP contribution in [0, 0.1) is 0 Å². The number of hydrogen-bond donors (Lipinski definition) is 4. The zero-order chi connectivity index (χ0) is 11.0. The van der Waals surface area contributed by atoms with E-state index >= 15 is 0 Å². The number of rotatable bonds is 3. The molecule has 0 radical (unpaired) electrons. The number of carboxylic acids is 2. The van der Waals surface area contributed by atoms with Crippen molar-refractivity contribution in [3.8, 4) is 0 Å². The molecule has 0 aliphatic carbocycles. The number of carbonyl (C=O) groups is 2. The van der Waals surface area contributed by atoms with Gasteiger partial charge in [0.05, 0.1) is 19.8 Å². The third-order valence-corrected chi connectivity index (χ3v) is 1.28. The van der Waals surface area contributed by atoms with Crippen LogP contribution in [0.3, 0.4) is 0 Å². The molecule has 1 saturated heterocycles. The first-order chi connectivity index (χ1) is 6.54. The molecule has 1 heterocycles. The van der Waals surface area contributed by atoms with Gasteiger partial charge in [-0.15, -0.1) is 12.4 Å². The molecular formula is C7H14ClNO6. The van der Waals surface area contributed by atoms with Gasteiger partial charge in [-0.05, 0) is 0 Å². The summed E-state index contributed by atoms with van der Waals surface area (Å²) in [7, 11) is 0. The fraction of sp³-hybridized carbons (Fsp3) is 0.714. The summed E-state index contributed by atoms with van der Waals surface area (Å²) in [6.07, 6.45) is -2.54. The second-order valence-corrected chi connectivity index (χ2v) is 2.50. The highest BCUT2D eigenvalue weighted by Crippen LogP contribution is 1.89. The number of nitrogens with one attached hydrogen (secondary N) is 1. The highest BCUT2D eigenvalue weighted by molar-refractivity contribution is 5.85.